The Morgan fingerprint density at radius 1 is 1.20 bits per heavy atom. The summed E-state index contributed by atoms with van der Waals surface area (Å²) < 4.78 is 0. The van der Waals surface area contributed by atoms with Gasteiger partial charge in [0.1, 0.15) is 0 Å². The van der Waals surface area contributed by atoms with Crippen molar-refractivity contribution < 1.29 is 0 Å². The molecule has 0 aromatic rings. The minimum Gasteiger partial charge on any atom is -0.316 e. The molecule has 0 aliphatic heterocycles. The van der Waals surface area contributed by atoms with E-state index in [0.29, 0.717) is 0 Å². The first-order chi connectivity index (χ1) is 9.67. The molecule has 0 spiro atoms. The lowest BCUT2D eigenvalue weighted by Crippen LogP contribution is -2.34. The van der Waals surface area contributed by atoms with Crippen LogP contribution in [0.2, 0.25) is 0 Å². The summed E-state index contributed by atoms with van der Waals surface area (Å²) in [6.45, 7) is 13.2. The van der Waals surface area contributed by atoms with E-state index in [1.165, 1.54) is 64.5 Å². The van der Waals surface area contributed by atoms with Gasteiger partial charge in [0.2, 0.25) is 0 Å². The van der Waals surface area contributed by atoms with E-state index in [9.17, 15) is 0 Å². The Balaban J connectivity index is 2.40. The molecule has 1 rings (SSSR count). The zero-order valence-corrected chi connectivity index (χ0v) is 14.2. The van der Waals surface area contributed by atoms with Gasteiger partial charge in [0.25, 0.3) is 0 Å². The van der Waals surface area contributed by atoms with Crippen molar-refractivity contribution in [2.45, 2.75) is 72.1 Å². The maximum Gasteiger partial charge on any atom is -0.00178 e. The molecule has 1 N–H and O–H groups in total. The quantitative estimate of drug-likeness (QED) is 0.416. The predicted molar refractivity (Wildman–Crippen MR) is 91.0 cm³/mol. The second kappa shape index (κ2) is 10.4. The van der Waals surface area contributed by atoms with E-state index in [1.54, 1.807) is 0 Å². The first-order valence-electron chi connectivity index (χ1n) is 8.98. The molecule has 0 saturated heterocycles. The van der Waals surface area contributed by atoms with Crippen LogP contribution in [0.3, 0.4) is 0 Å². The largest absolute Gasteiger partial charge is 0.316 e. The maximum absolute atomic E-state index is 3.86. The van der Waals surface area contributed by atoms with Crippen LogP contribution >= 0.6 is 0 Å². The second-order valence-corrected chi connectivity index (χ2v) is 7.26. The number of unbranched alkanes of at least 4 members (excludes halogenated alkanes) is 1. The zero-order valence-electron chi connectivity index (χ0n) is 14.2. The van der Waals surface area contributed by atoms with E-state index in [0.717, 1.165) is 23.7 Å². The van der Waals surface area contributed by atoms with Gasteiger partial charge in [-0.2, -0.15) is 0 Å². The predicted octanol–water partition coefficient (Wildman–Crippen LogP) is 5.42. The van der Waals surface area contributed by atoms with E-state index in [-0.39, 0.29) is 0 Å². The average molecular weight is 280 g/mol. The fourth-order valence-electron chi connectivity index (χ4n) is 3.80. The van der Waals surface area contributed by atoms with Gasteiger partial charge in [-0.15, -0.1) is 6.58 Å². The molecule has 1 aliphatic rings. The number of nitrogens with one attached hydrogen (secondary N) is 1. The molecule has 118 valence electrons. The highest BCUT2D eigenvalue weighted by Crippen LogP contribution is 2.38. The van der Waals surface area contributed by atoms with Gasteiger partial charge in [-0.1, -0.05) is 46.1 Å². The van der Waals surface area contributed by atoms with Crippen molar-refractivity contribution in [3.05, 3.63) is 12.7 Å². The van der Waals surface area contributed by atoms with Crippen LogP contribution in [0.25, 0.3) is 0 Å². The normalized spacial score (nSPS) is 26.9. The van der Waals surface area contributed by atoms with E-state index in [1.807, 2.05) is 0 Å². The smallest absolute Gasteiger partial charge is 0.00178 e. The van der Waals surface area contributed by atoms with Crippen molar-refractivity contribution >= 4 is 0 Å². The van der Waals surface area contributed by atoms with Gasteiger partial charge in [-0.05, 0) is 68.9 Å². The minimum atomic E-state index is 0.769. The van der Waals surface area contributed by atoms with Gasteiger partial charge in [0, 0.05) is 0 Å². The van der Waals surface area contributed by atoms with Crippen LogP contribution < -0.4 is 5.32 Å². The molecule has 1 saturated carbocycles. The van der Waals surface area contributed by atoms with Crippen molar-refractivity contribution in [3.63, 3.8) is 0 Å². The van der Waals surface area contributed by atoms with Gasteiger partial charge < -0.3 is 5.32 Å². The SMILES string of the molecule is C=CCCCC1CC(CCC)CCC1CNCC(C)C. The highest BCUT2D eigenvalue weighted by Gasteiger charge is 2.29. The lowest BCUT2D eigenvalue weighted by Gasteiger charge is -2.37. The summed E-state index contributed by atoms with van der Waals surface area (Å²) in [6, 6.07) is 0. The summed E-state index contributed by atoms with van der Waals surface area (Å²) in [4.78, 5) is 0. The molecule has 1 aliphatic carbocycles. The molecule has 3 atom stereocenters. The number of allylic oxidation sites excluding steroid dienone is 1. The van der Waals surface area contributed by atoms with Crippen molar-refractivity contribution in [1.29, 1.82) is 0 Å². The van der Waals surface area contributed by atoms with Crippen molar-refractivity contribution in [3.8, 4) is 0 Å². The van der Waals surface area contributed by atoms with Crippen LogP contribution in [0.1, 0.15) is 72.1 Å². The Labute approximate surface area is 127 Å². The Kier molecular flexibility index (Phi) is 9.26. The fraction of sp³-hybridized carbons (Fsp3) is 0.895. The Morgan fingerprint density at radius 3 is 2.65 bits per heavy atom. The van der Waals surface area contributed by atoms with Crippen LogP contribution in [-0.4, -0.2) is 13.1 Å². The van der Waals surface area contributed by atoms with Crippen LogP contribution in [0.15, 0.2) is 12.7 Å². The number of hydrogen-bond acceptors (Lipinski definition) is 1. The third kappa shape index (κ3) is 6.92. The van der Waals surface area contributed by atoms with Gasteiger partial charge in [-0.3, -0.25) is 0 Å². The maximum atomic E-state index is 3.86. The van der Waals surface area contributed by atoms with Gasteiger partial charge in [-0.25, -0.2) is 0 Å². The third-order valence-corrected chi connectivity index (χ3v) is 4.89. The molecule has 3 unspecified atom stereocenters. The Bertz CT molecular complexity index is 246. The van der Waals surface area contributed by atoms with Gasteiger partial charge >= 0.3 is 0 Å². The van der Waals surface area contributed by atoms with E-state index < -0.39 is 0 Å². The van der Waals surface area contributed by atoms with Gasteiger partial charge in [0.15, 0.2) is 0 Å². The zero-order chi connectivity index (χ0) is 14.8. The highest BCUT2D eigenvalue weighted by molar-refractivity contribution is 4.82. The molecule has 20 heavy (non-hydrogen) atoms. The molecule has 0 aromatic heterocycles. The average Bonchev–Trinajstić information content (AvgIpc) is 2.41. The minimum absolute atomic E-state index is 0.769. The molecule has 0 aromatic carbocycles. The monoisotopic (exact) mass is 279 g/mol. The fourth-order valence-corrected chi connectivity index (χ4v) is 3.80. The molecule has 1 fully saturated rings. The first kappa shape index (κ1) is 17.8. The van der Waals surface area contributed by atoms with Crippen LogP contribution in [0.4, 0.5) is 0 Å². The van der Waals surface area contributed by atoms with Crippen LogP contribution in [-0.2, 0) is 0 Å². The summed E-state index contributed by atoms with van der Waals surface area (Å²) in [5.74, 6) is 3.66. The Morgan fingerprint density at radius 2 is 2.00 bits per heavy atom. The van der Waals surface area contributed by atoms with Crippen molar-refractivity contribution in [2.75, 3.05) is 13.1 Å². The number of rotatable bonds is 10. The molecule has 0 amide bonds. The highest BCUT2D eigenvalue weighted by atomic mass is 14.9. The first-order valence-corrected chi connectivity index (χ1v) is 8.98. The van der Waals surface area contributed by atoms with E-state index in [4.69, 9.17) is 0 Å². The lowest BCUT2D eigenvalue weighted by atomic mass is 9.71. The molecular formula is C19H37N. The van der Waals surface area contributed by atoms with Gasteiger partial charge in [0.05, 0.1) is 0 Å². The molecule has 0 radical (unpaired) electrons. The van der Waals surface area contributed by atoms with Crippen molar-refractivity contribution in [1.82, 2.24) is 5.32 Å². The number of hydrogen-bond donors (Lipinski definition) is 1. The second-order valence-electron chi connectivity index (χ2n) is 7.26. The summed E-state index contributed by atoms with van der Waals surface area (Å²) >= 11 is 0. The standard InChI is InChI=1S/C19H37N/c1-5-7-8-10-18-13-17(9-6-2)11-12-19(18)15-20-14-16(3)4/h5,16-20H,1,6-15H2,2-4H3. The molecular weight excluding hydrogens is 242 g/mol. The summed E-state index contributed by atoms with van der Waals surface area (Å²) in [5.41, 5.74) is 0. The molecule has 1 nitrogen and oxygen atoms in total. The summed E-state index contributed by atoms with van der Waals surface area (Å²) in [7, 11) is 0. The molecule has 0 bridgehead atoms. The van der Waals surface area contributed by atoms with E-state index >= 15 is 0 Å². The topological polar surface area (TPSA) is 12.0 Å². The van der Waals surface area contributed by atoms with Crippen molar-refractivity contribution in [2.24, 2.45) is 23.7 Å². The molecule has 1 heteroatoms. The third-order valence-electron chi connectivity index (χ3n) is 4.89. The summed E-state index contributed by atoms with van der Waals surface area (Å²) in [6.07, 6.45) is 13.3. The van der Waals surface area contributed by atoms with Crippen LogP contribution in [0, 0.1) is 23.7 Å². The summed E-state index contributed by atoms with van der Waals surface area (Å²) in [5, 5.41) is 3.70. The lowest BCUT2D eigenvalue weighted by molar-refractivity contribution is 0.157. The Hall–Kier alpha value is -0.300. The van der Waals surface area contributed by atoms with E-state index in [2.05, 4.69) is 38.7 Å². The molecule has 0 heterocycles. The van der Waals surface area contributed by atoms with Crippen LogP contribution in [0.5, 0.6) is 0 Å².